The van der Waals surface area contributed by atoms with Crippen LogP contribution in [0.1, 0.15) is 5.56 Å². The lowest BCUT2D eigenvalue weighted by molar-refractivity contribution is 1.21. The molecule has 1 rings (SSSR count). The minimum atomic E-state index is 0.777. The van der Waals surface area contributed by atoms with Crippen LogP contribution in [0.5, 0.6) is 0 Å². The highest BCUT2D eigenvalue weighted by atomic mass is 15.1. The molecule has 0 aromatic carbocycles. The van der Waals surface area contributed by atoms with Gasteiger partial charge in [0, 0.05) is 25.0 Å². The molecule has 0 atom stereocenters. The second-order valence-corrected chi connectivity index (χ2v) is 1.89. The number of hydrazone groups is 1. The normalized spacial score (nSPS) is 10.4. The van der Waals surface area contributed by atoms with Gasteiger partial charge in [-0.25, -0.2) is 0 Å². The van der Waals surface area contributed by atoms with Gasteiger partial charge in [-0.2, -0.15) is 5.10 Å². The quantitative estimate of drug-likeness (QED) is 0.366. The maximum absolute atomic E-state index is 4.93. The summed E-state index contributed by atoms with van der Waals surface area (Å²) in [5.41, 5.74) is 1.17. The van der Waals surface area contributed by atoms with Gasteiger partial charge in [-0.3, -0.25) is 4.98 Å². The molecule has 52 valence electrons. The molecule has 0 unspecified atom stereocenters. The smallest absolute Gasteiger partial charge is 0.0284 e. The van der Waals surface area contributed by atoms with Crippen LogP contribution >= 0.6 is 0 Å². The van der Waals surface area contributed by atoms with Crippen molar-refractivity contribution < 1.29 is 0 Å². The largest absolute Gasteiger partial charge is 0.324 e. The van der Waals surface area contributed by atoms with Gasteiger partial charge >= 0.3 is 0 Å². The van der Waals surface area contributed by atoms with Gasteiger partial charge < -0.3 is 5.84 Å². The summed E-state index contributed by atoms with van der Waals surface area (Å²) in [7, 11) is 0. The van der Waals surface area contributed by atoms with E-state index < -0.39 is 0 Å². The molecule has 0 amide bonds. The molecule has 10 heavy (non-hydrogen) atoms. The molecule has 0 saturated heterocycles. The van der Waals surface area contributed by atoms with E-state index >= 15 is 0 Å². The van der Waals surface area contributed by atoms with Crippen LogP contribution in [0.4, 0.5) is 0 Å². The predicted octanol–water partition coefficient (Wildman–Crippen LogP) is 0.569. The molecule has 0 spiro atoms. The molecule has 1 aromatic heterocycles. The zero-order chi connectivity index (χ0) is 7.23. The Bertz CT molecular complexity index is 205. The molecule has 3 heteroatoms. The number of nitrogens with zero attached hydrogens (tertiary/aromatic N) is 2. The van der Waals surface area contributed by atoms with E-state index in [0.717, 1.165) is 6.42 Å². The third-order valence-electron chi connectivity index (χ3n) is 1.18. The average Bonchev–Trinajstić information content (AvgIpc) is 2.03. The molecule has 1 aromatic rings. The SMILES string of the molecule is NN=CCc1ccncc1. The number of rotatable bonds is 2. The van der Waals surface area contributed by atoms with Crippen LogP contribution < -0.4 is 5.84 Å². The van der Waals surface area contributed by atoms with Crippen molar-refractivity contribution in [1.82, 2.24) is 4.98 Å². The van der Waals surface area contributed by atoms with Gasteiger partial charge in [-0.1, -0.05) is 0 Å². The maximum atomic E-state index is 4.93. The van der Waals surface area contributed by atoms with E-state index in [1.807, 2.05) is 12.1 Å². The second-order valence-electron chi connectivity index (χ2n) is 1.89. The molecule has 0 fully saturated rings. The number of aromatic nitrogens is 1. The molecule has 3 nitrogen and oxygen atoms in total. The third kappa shape index (κ3) is 1.85. The summed E-state index contributed by atoms with van der Waals surface area (Å²) in [5, 5.41) is 3.39. The first-order chi connectivity index (χ1) is 4.93. The van der Waals surface area contributed by atoms with Gasteiger partial charge in [0.1, 0.15) is 0 Å². The van der Waals surface area contributed by atoms with Crippen LogP contribution in [0, 0.1) is 0 Å². The number of nitrogens with two attached hydrogens (primary N) is 1. The molecule has 1 heterocycles. The van der Waals surface area contributed by atoms with Crippen molar-refractivity contribution in [2.45, 2.75) is 6.42 Å². The summed E-state index contributed by atoms with van der Waals surface area (Å²) in [4.78, 5) is 3.88. The van der Waals surface area contributed by atoms with Crippen molar-refractivity contribution >= 4 is 6.21 Å². The minimum absolute atomic E-state index is 0.777. The molecule has 2 N–H and O–H groups in total. The van der Waals surface area contributed by atoms with Crippen LogP contribution in [0.15, 0.2) is 29.6 Å². The number of hydrogen-bond donors (Lipinski definition) is 1. The molecule has 0 aliphatic heterocycles. The van der Waals surface area contributed by atoms with Gasteiger partial charge in [0.05, 0.1) is 0 Å². The third-order valence-corrected chi connectivity index (χ3v) is 1.18. The van der Waals surface area contributed by atoms with Crippen LogP contribution in [-0.4, -0.2) is 11.2 Å². The summed E-state index contributed by atoms with van der Waals surface area (Å²) >= 11 is 0. The van der Waals surface area contributed by atoms with E-state index in [1.165, 1.54) is 5.56 Å². The van der Waals surface area contributed by atoms with Crippen molar-refractivity contribution in [3.8, 4) is 0 Å². The van der Waals surface area contributed by atoms with Crippen molar-refractivity contribution in [2.24, 2.45) is 10.9 Å². The van der Waals surface area contributed by atoms with E-state index in [0.29, 0.717) is 0 Å². The van der Waals surface area contributed by atoms with Crippen molar-refractivity contribution in [2.75, 3.05) is 0 Å². The van der Waals surface area contributed by atoms with Crippen LogP contribution in [0.25, 0.3) is 0 Å². The van der Waals surface area contributed by atoms with E-state index in [4.69, 9.17) is 5.84 Å². The summed E-state index contributed by atoms with van der Waals surface area (Å²) < 4.78 is 0. The predicted molar refractivity (Wildman–Crippen MR) is 40.6 cm³/mol. The van der Waals surface area contributed by atoms with Crippen molar-refractivity contribution in [1.29, 1.82) is 0 Å². The van der Waals surface area contributed by atoms with Gasteiger partial charge in [0.15, 0.2) is 0 Å². The van der Waals surface area contributed by atoms with Gasteiger partial charge in [0.25, 0.3) is 0 Å². The van der Waals surface area contributed by atoms with Gasteiger partial charge in [0.2, 0.25) is 0 Å². The molecule has 0 aliphatic rings. The minimum Gasteiger partial charge on any atom is -0.324 e. The van der Waals surface area contributed by atoms with E-state index in [-0.39, 0.29) is 0 Å². The zero-order valence-electron chi connectivity index (χ0n) is 5.57. The Kier molecular flexibility index (Phi) is 2.43. The van der Waals surface area contributed by atoms with Crippen LogP contribution in [-0.2, 0) is 6.42 Å². The Balaban J connectivity index is 2.59. The van der Waals surface area contributed by atoms with Gasteiger partial charge in [-0.05, 0) is 17.7 Å². The fourth-order valence-electron chi connectivity index (χ4n) is 0.677. The molecule has 0 aliphatic carbocycles. The van der Waals surface area contributed by atoms with Gasteiger partial charge in [-0.15, -0.1) is 0 Å². The lowest BCUT2D eigenvalue weighted by Crippen LogP contribution is -1.88. The van der Waals surface area contributed by atoms with Crippen LogP contribution in [0.3, 0.4) is 0 Å². The number of pyridine rings is 1. The highest BCUT2D eigenvalue weighted by Gasteiger charge is 1.84. The summed E-state index contributed by atoms with van der Waals surface area (Å²) in [6.07, 6.45) is 5.94. The van der Waals surface area contributed by atoms with Crippen molar-refractivity contribution in [3.63, 3.8) is 0 Å². The molecule has 0 radical (unpaired) electrons. The van der Waals surface area contributed by atoms with Crippen molar-refractivity contribution in [3.05, 3.63) is 30.1 Å². The monoisotopic (exact) mass is 135 g/mol. The zero-order valence-corrected chi connectivity index (χ0v) is 5.57. The molecule has 0 saturated carbocycles. The molecular formula is C7H9N3. The Morgan fingerprint density at radius 1 is 1.50 bits per heavy atom. The average molecular weight is 135 g/mol. The Morgan fingerprint density at radius 2 is 2.20 bits per heavy atom. The lowest BCUT2D eigenvalue weighted by Gasteiger charge is -1.90. The second kappa shape index (κ2) is 3.61. The fourth-order valence-corrected chi connectivity index (χ4v) is 0.677. The Labute approximate surface area is 59.6 Å². The van der Waals surface area contributed by atoms with E-state index in [9.17, 15) is 0 Å². The van der Waals surface area contributed by atoms with E-state index in [1.54, 1.807) is 18.6 Å². The maximum Gasteiger partial charge on any atom is 0.0284 e. The lowest BCUT2D eigenvalue weighted by atomic mass is 10.2. The molecular weight excluding hydrogens is 126 g/mol. The Morgan fingerprint density at radius 3 is 2.80 bits per heavy atom. The number of hydrogen-bond acceptors (Lipinski definition) is 3. The standard InChI is InChI=1S/C7H9N3/c8-10-6-3-7-1-4-9-5-2-7/h1-2,4-6H,3,8H2. The first kappa shape index (κ1) is 6.74. The summed E-state index contributed by atoms with van der Waals surface area (Å²) in [6.45, 7) is 0. The van der Waals surface area contributed by atoms with E-state index in [2.05, 4.69) is 10.1 Å². The fraction of sp³-hybridized carbons (Fsp3) is 0.143. The first-order valence-corrected chi connectivity index (χ1v) is 3.04. The summed E-state index contributed by atoms with van der Waals surface area (Å²) in [5.74, 6) is 4.93. The first-order valence-electron chi connectivity index (χ1n) is 3.04. The molecule has 0 bridgehead atoms. The highest BCUT2D eigenvalue weighted by molar-refractivity contribution is 5.60. The topological polar surface area (TPSA) is 51.3 Å². The highest BCUT2D eigenvalue weighted by Crippen LogP contribution is 1.94. The van der Waals surface area contributed by atoms with Crippen LogP contribution in [0.2, 0.25) is 0 Å². The summed E-state index contributed by atoms with van der Waals surface area (Å²) in [6, 6.07) is 3.86. The Hall–Kier alpha value is -1.38.